The maximum atomic E-state index is 12.5. The molecule has 3 rings (SSSR count). The van der Waals surface area contributed by atoms with Crippen LogP contribution < -0.4 is 15.0 Å². The van der Waals surface area contributed by atoms with Crippen LogP contribution in [0, 0.1) is 0 Å². The van der Waals surface area contributed by atoms with Gasteiger partial charge in [-0.25, -0.2) is 4.79 Å². The van der Waals surface area contributed by atoms with Crippen molar-refractivity contribution in [2.24, 2.45) is 0 Å². The molecular weight excluding hydrogens is 326 g/mol. The molecule has 2 aromatic rings. The lowest BCUT2D eigenvalue weighted by molar-refractivity contribution is 0.208. The second-order valence-electron chi connectivity index (χ2n) is 6.85. The van der Waals surface area contributed by atoms with Crippen LogP contribution in [0.2, 0.25) is 0 Å². The summed E-state index contributed by atoms with van der Waals surface area (Å²) in [5, 5.41) is 2.96. The van der Waals surface area contributed by atoms with Crippen molar-refractivity contribution in [1.82, 2.24) is 4.90 Å². The third-order valence-electron chi connectivity index (χ3n) is 4.79. The Bertz CT molecular complexity index is 752. The van der Waals surface area contributed by atoms with E-state index in [0.717, 1.165) is 24.5 Å². The van der Waals surface area contributed by atoms with Gasteiger partial charge in [-0.15, -0.1) is 0 Å². The summed E-state index contributed by atoms with van der Waals surface area (Å²) in [5.74, 6) is 1.22. The van der Waals surface area contributed by atoms with Gasteiger partial charge in [0.15, 0.2) is 0 Å². The molecule has 0 radical (unpaired) electrons. The standard InChI is InChI=1S/C21H27N3O2/c1-16(2)19-9-4-5-10-20(19)23-11-13-24(14-12-23)21(25)22-17-7-6-8-18(15-17)26-3/h4-10,15-16H,11-14H2,1-3H3,(H,22,25). The van der Waals surface area contributed by atoms with Crippen molar-refractivity contribution in [1.29, 1.82) is 0 Å². The number of nitrogens with zero attached hydrogens (tertiary/aromatic N) is 2. The predicted molar refractivity (Wildman–Crippen MR) is 106 cm³/mol. The summed E-state index contributed by atoms with van der Waals surface area (Å²) >= 11 is 0. The van der Waals surface area contributed by atoms with Gasteiger partial charge in [0.05, 0.1) is 7.11 Å². The number of carbonyl (C=O) groups is 1. The fourth-order valence-corrected chi connectivity index (χ4v) is 3.32. The van der Waals surface area contributed by atoms with Crippen LogP contribution in [0.15, 0.2) is 48.5 Å². The summed E-state index contributed by atoms with van der Waals surface area (Å²) in [4.78, 5) is 16.8. The average Bonchev–Trinajstić information content (AvgIpc) is 2.68. The number of piperazine rings is 1. The van der Waals surface area contributed by atoms with Crippen molar-refractivity contribution in [2.75, 3.05) is 43.5 Å². The zero-order valence-electron chi connectivity index (χ0n) is 15.7. The molecule has 2 aromatic carbocycles. The molecule has 1 saturated heterocycles. The largest absolute Gasteiger partial charge is 0.497 e. The predicted octanol–water partition coefficient (Wildman–Crippen LogP) is 4.17. The van der Waals surface area contributed by atoms with E-state index in [4.69, 9.17) is 4.74 Å². The van der Waals surface area contributed by atoms with Gasteiger partial charge in [0.1, 0.15) is 5.75 Å². The number of carbonyl (C=O) groups excluding carboxylic acids is 1. The Morgan fingerprint density at radius 1 is 1.04 bits per heavy atom. The molecule has 0 aliphatic carbocycles. The summed E-state index contributed by atoms with van der Waals surface area (Å²) < 4.78 is 5.20. The molecule has 0 atom stereocenters. The Labute approximate surface area is 155 Å². The maximum absolute atomic E-state index is 12.5. The summed E-state index contributed by atoms with van der Waals surface area (Å²) in [5.41, 5.74) is 3.40. The summed E-state index contributed by atoms with van der Waals surface area (Å²) in [6, 6.07) is 15.9. The third-order valence-corrected chi connectivity index (χ3v) is 4.79. The highest BCUT2D eigenvalue weighted by Gasteiger charge is 2.23. The minimum absolute atomic E-state index is 0.0601. The number of rotatable bonds is 4. The maximum Gasteiger partial charge on any atom is 0.321 e. The first-order valence-electron chi connectivity index (χ1n) is 9.12. The zero-order valence-corrected chi connectivity index (χ0v) is 15.7. The van der Waals surface area contributed by atoms with Crippen molar-refractivity contribution in [3.05, 3.63) is 54.1 Å². The van der Waals surface area contributed by atoms with Crippen molar-refractivity contribution in [3.63, 3.8) is 0 Å². The second kappa shape index (κ2) is 8.13. The Kier molecular flexibility index (Phi) is 5.66. The number of hydrogen-bond donors (Lipinski definition) is 1. The number of anilines is 2. The van der Waals surface area contributed by atoms with Crippen LogP contribution >= 0.6 is 0 Å². The van der Waals surface area contributed by atoms with E-state index in [-0.39, 0.29) is 6.03 Å². The van der Waals surface area contributed by atoms with Gasteiger partial charge in [-0.2, -0.15) is 0 Å². The Morgan fingerprint density at radius 2 is 1.77 bits per heavy atom. The number of para-hydroxylation sites is 1. The highest BCUT2D eigenvalue weighted by Crippen LogP contribution is 2.28. The van der Waals surface area contributed by atoms with Crippen LogP contribution in [-0.2, 0) is 0 Å². The number of urea groups is 1. The van der Waals surface area contributed by atoms with E-state index >= 15 is 0 Å². The molecule has 5 nitrogen and oxygen atoms in total. The van der Waals surface area contributed by atoms with E-state index < -0.39 is 0 Å². The van der Waals surface area contributed by atoms with Gasteiger partial charge in [-0.05, 0) is 29.7 Å². The van der Waals surface area contributed by atoms with Gasteiger partial charge >= 0.3 is 6.03 Å². The van der Waals surface area contributed by atoms with Crippen molar-refractivity contribution in [3.8, 4) is 5.75 Å². The van der Waals surface area contributed by atoms with Crippen LogP contribution in [0.5, 0.6) is 5.75 Å². The van der Waals surface area contributed by atoms with Crippen molar-refractivity contribution < 1.29 is 9.53 Å². The van der Waals surface area contributed by atoms with E-state index in [0.29, 0.717) is 19.0 Å². The first-order valence-corrected chi connectivity index (χ1v) is 9.12. The molecule has 138 valence electrons. The lowest BCUT2D eigenvalue weighted by atomic mass is 10.00. The van der Waals surface area contributed by atoms with Gasteiger partial charge in [0, 0.05) is 43.6 Å². The van der Waals surface area contributed by atoms with Crippen LogP contribution in [0.3, 0.4) is 0 Å². The summed E-state index contributed by atoms with van der Waals surface area (Å²) in [6.07, 6.45) is 0. The van der Waals surface area contributed by atoms with Crippen LogP contribution in [0.1, 0.15) is 25.3 Å². The SMILES string of the molecule is COc1cccc(NC(=O)N2CCN(c3ccccc3C(C)C)CC2)c1. The van der Waals surface area contributed by atoms with Gasteiger partial charge in [-0.1, -0.05) is 38.1 Å². The molecule has 1 aliphatic rings. The average molecular weight is 353 g/mol. The molecule has 1 N–H and O–H groups in total. The monoisotopic (exact) mass is 353 g/mol. The fraction of sp³-hybridized carbons (Fsp3) is 0.381. The van der Waals surface area contributed by atoms with Gasteiger partial charge in [0.2, 0.25) is 0 Å². The molecule has 0 spiro atoms. The number of benzene rings is 2. The topological polar surface area (TPSA) is 44.8 Å². The molecule has 5 heteroatoms. The molecule has 1 heterocycles. The first-order chi connectivity index (χ1) is 12.6. The lowest BCUT2D eigenvalue weighted by Gasteiger charge is -2.37. The Hall–Kier alpha value is -2.69. The molecule has 0 unspecified atom stereocenters. The first kappa shape index (κ1) is 18.1. The minimum atomic E-state index is -0.0601. The highest BCUT2D eigenvalue weighted by molar-refractivity contribution is 5.89. The smallest absolute Gasteiger partial charge is 0.321 e. The highest BCUT2D eigenvalue weighted by atomic mass is 16.5. The molecule has 26 heavy (non-hydrogen) atoms. The minimum Gasteiger partial charge on any atom is -0.497 e. The quantitative estimate of drug-likeness (QED) is 0.897. The normalized spacial score (nSPS) is 14.5. The number of amides is 2. The molecule has 0 saturated carbocycles. The van der Waals surface area contributed by atoms with E-state index in [1.807, 2.05) is 29.2 Å². The van der Waals surface area contributed by atoms with Gasteiger partial charge in [-0.3, -0.25) is 0 Å². The zero-order chi connectivity index (χ0) is 18.5. The molecule has 0 bridgehead atoms. The Balaban J connectivity index is 1.60. The number of ether oxygens (including phenoxy) is 1. The van der Waals surface area contributed by atoms with Crippen molar-refractivity contribution in [2.45, 2.75) is 19.8 Å². The third kappa shape index (κ3) is 4.10. The number of nitrogens with one attached hydrogen (secondary N) is 1. The lowest BCUT2D eigenvalue weighted by Crippen LogP contribution is -2.50. The van der Waals surface area contributed by atoms with Crippen molar-refractivity contribution >= 4 is 17.4 Å². The second-order valence-corrected chi connectivity index (χ2v) is 6.85. The van der Waals surface area contributed by atoms with Gasteiger partial charge in [0.25, 0.3) is 0 Å². The molecule has 1 fully saturated rings. The van der Waals surface area contributed by atoms with Gasteiger partial charge < -0.3 is 19.9 Å². The molecule has 2 amide bonds. The molecular formula is C21H27N3O2. The number of hydrogen-bond acceptors (Lipinski definition) is 3. The van der Waals surface area contributed by atoms with E-state index in [2.05, 4.69) is 48.3 Å². The van der Waals surface area contributed by atoms with E-state index in [1.54, 1.807) is 7.11 Å². The molecule has 1 aliphatic heterocycles. The van der Waals surface area contributed by atoms with Crippen LogP contribution in [0.4, 0.5) is 16.2 Å². The van der Waals surface area contributed by atoms with Crippen LogP contribution in [-0.4, -0.2) is 44.2 Å². The summed E-state index contributed by atoms with van der Waals surface area (Å²) in [7, 11) is 1.62. The Morgan fingerprint density at radius 3 is 2.46 bits per heavy atom. The summed E-state index contributed by atoms with van der Waals surface area (Å²) in [6.45, 7) is 7.54. The van der Waals surface area contributed by atoms with E-state index in [1.165, 1.54) is 11.3 Å². The fourth-order valence-electron chi connectivity index (χ4n) is 3.32. The van der Waals surface area contributed by atoms with Crippen LogP contribution in [0.25, 0.3) is 0 Å². The molecule has 0 aromatic heterocycles. The number of methoxy groups -OCH3 is 1. The van der Waals surface area contributed by atoms with E-state index in [9.17, 15) is 4.79 Å².